The number of carbonyl (C=O) groups is 1. The van der Waals surface area contributed by atoms with Crippen LogP contribution in [-0.2, 0) is 11.3 Å². The van der Waals surface area contributed by atoms with Crippen molar-refractivity contribution in [1.82, 2.24) is 9.55 Å². The normalized spacial score (nSPS) is 11.6. The number of aromatic nitrogens is 2. The van der Waals surface area contributed by atoms with Crippen molar-refractivity contribution in [2.24, 2.45) is 0 Å². The number of carbonyl (C=O) groups excluding carboxylic acids is 1. The van der Waals surface area contributed by atoms with Gasteiger partial charge in [-0.1, -0.05) is 77.8 Å². The third-order valence-electron chi connectivity index (χ3n) is 6.48. The SMILES string of the molecule is COC(=O)c1ccc(Cn2cc(-c3ccc(Cl)cc3Cl)nc2/C=C/c2ccc(-c3cccc(OC(F)(F)F)c3)cc2)cc1. The van der Waals surface area contributed by atoms with E-state index in [1.165, 1.54) is 25.3 Å². The minimum atomic E-state index is -4.76. The topological polar surface area (TPSA) is 53.4 Å². The molecule has 218 valence electrons. The van der Waals surface area contributed by atoms with E-state index in [2.05, 4.69) is 4.74 Å². The molecule has 0 radical (unpaired) electrons. The largest absolute Gasteiger partial charge is 0.573 e. The molecule has 10 heteroatoms. The van der Waals surface area contributed by atoms with Gasteiger partial charge in [-0.15, -0.1) is 13.2 Å². The van der Waals surface area contributed by atoms with E-state index in [1.54, 1.807) is 30.3 Å². The van der Waals surface area contributed by atoms with E-state index in [4.69, 9.17) is 32.9 Å². The quantitative estimate of drug-likeness (QED) is 0.162. The summed E-state index contributed by atoms with van der Waals surface area (Å²) in [4.78, 5) is 16.6. The molecule has 0 saturated carbocycles. The molecule has 0 bridgehead atoms. The highest BCUT2D eigenvalue weighted by Crippen LogP contribution is 2.31. The van der Waals surface area contributed by atoms with Crippen molar-refractivity contribution in [3.63, 3.8) is 0 Å². The van der Waals surface area contributed by atoms with Crippen molar-refractivity contribution in [3.05, 3.63) is 130 Å². The van der Waals surface area contributed by atoms with Crippen molar-refractivity contribution in [2.45, 2.75) is 12.9 Å². The molecule has 0 N–H and O–H groups in total. The Labute approximate surface area is 255 Å². The van der Waals surface area contributed by atoms with E-state index in [0.717, 1.165) is 22.3 Å². The number of hydrogen-bond donors (Lipinski definition) is 0. The first kappa shape index (κ1) is 29.9. The van der Waals surface area contributed by atoms with Crippen molar-refractivity contribution in [3.8, 4) is 28.1 Å². The van der Waals surface area contributed by atoms with Gasteiger partial charge in [0.1, 0.15) is 11.6 Å². The molecular formula is C33H23Cl2F3N2O3. The van der Waals surface area contributed by atoms with Crippen LogP contribution in [-0.4, -0.2) is 29.0 Å². The molecule has 1 heterocycles. The molecular weight excluding hydrogens is 600 g/mol. The van der Waals surface area contributed by atoms with Gasteiger partial charge in [-0.2, -0.15) is 0 Å². The van der Waals surface area contributed by atoms with Crippen LogP contribution in [0.1, 0.15) is 27.3 Å². The Balaban J connectivity index is 1.42. The average Bonchev–Trinajstić information content (AvgIpc) is 3.37. The Morgan fingerprint density at radius 2 is 1.65 bits per heavy atom. The van der Waals surface area contributed by atoms with E-state index >= 15 is 0 Å². The highest BCUT2D eigenvalue weighted by molar-refractivity contribution is 6.36. The van der Waals surface area contributed by atoms with Crippen LogP contribution in [0, 0.1) is 0 Å². The second-order valence-electron chi connectivity index (χ2n) is 9.46. The number of halogens is 5. The lowest BCUT2D eigenvalue weighted by molar-refractivity contribution is -0.274. The Morgan fingerprint density at radius 3 is 2.33 bits per heavy atom. The molecule has 0 unspecified atom stereocenters. The minimum absolute atomic E-state index is 0.280. The number of hydrogen-bond acceptors (Lipinski definition) is 4. The summed E-state index contributed by atoms with van der Waals surface area (Å²) in [6.45, 7) is 0.467. The Hall–Kier alpha value is -4.53. The van der Waals surface area contributed by atoms with Crippen LogP contribution in [0.5, 0.6) is 5.75 Å². The lowest BCUT2D eigenvalue weighted by Gasteiger charge is -2.10. The van der Waals surface area contributed by atoms with E-state index < -0.39 is 12.3 Å². The van der Waals surface area contributed by atoms with Gasteiger partial charge in [0.25, 0.3) is 0 Å². The zero-order valence-corrected chi connectivity index (χ0v) is 24.1. The van der Waals surface area contributed by atoms with E-state index in [9.17, 15) is 18.0 Å². The van der Waals surface area contributed by atoms with Crippen molar-refractivity contribution < 1.29 is 27.4 Å². The van der Waals surface area contributed by atoms with Crippen molar-refractivity contribution in [1.29, 1.82) is 0 Å². The third-order valence-corrected chi connectivity index (χ3v) is 7.03. The average molecular weight is 623 g/mol. The first-order valence-electron chi connectivity index (χ1n) is 12.9. The third kappa shape index (κ3) is 7.66. The smallest absolute Gasteiger partial charge is 0.465 e. The van der Waals surface area contributed by atoms with Crippen molar-refractivity contribution in [2.75, 3.05) is 7.11 Å². The number of rotatable bonds is 8. The van der Waals surface area contributed by atoms with Gasteiger partial charge in [-0.05, 0) is 70.8 Å². The summed E-state index contributed by atoms with van der Waals surface area (Å²) in [7, 11) is 1.34. The number of methoxy groups -OCH3 is 1. The maximum absolute atomic E-state index is 12.6. The fourth-order valence-electron chi connectivity index (χ4n) is 4.41. The second-order valence-corrected chi connectivity index (χ2v) is 10.3. The number of benzene rings is 4. The van der Waals surface area contributed by atoms with Crippen LogP contribution in [0.15, 0.2) is 97.2 Å². The Bertz CT molecular complexity index is 1780. The van der Waals surface area contributed by atoms with Crippen LogP contribution in [0.2, 0.25) is 10.0 Å². The number of imidazole rings is 1. The summed E-state index contributed by atoms with van der Waals surface area (Å²) >= 11 is 12.6. The monoisotopic (exact) mass is 622 g/mol. The number of nitrogens with zero attached hydrogens (tertiary/aromatic N) is 2. The summed E-state index contributed by atoms with van der Waals surface area (Å²) in [6.07, 6.45) is 0.884. The van der Waals surface area contributed by atoms with Crippen LogP contribution < -0.4 is 4.74 Å². The van der Waals surface area contributed by atoms with Gasteiger partial charge < -0.3 is 14.0 Å². The molecule has 1 aromatic heterocycles. The van der Waals surface area contributed by atoms with Crippen LogP contribution in [0.25, 0.3) is 34.5 Å². The molecule has 0 saturated heterocycles. The zero-order chi connectivity index (χ0) is 30.6. The van der Waals surface area contributed by atoms with Crippen LogP contribution >= 0.6 is 23.2 Å². The number of ether oxygens (including phenoxy) is 2. The predicted octanol–water partition coefficient (Wildman–Crippen LogP) is 9.43. The fraction of sp³-hybridized carbons (Fsp3) is 0.0909. The molecule has 4 aromatic carbocycles. The Morgan fingerprint density at radius 1 is 0.907 bits per heavy atom. The maximum Gasteiger partial charge on any atom is 0.573 e. The molecule has 0 amide bonds. The van der Waals surface area contributed by atoms with Crippen LogP contribution in [0.4, 0.5) is 13.2 Å². The highest BCUT2D eigenvalue weighted by atomic mass is 35.5. The Kier molecular flexibility index (Phi) is 8.89. The van der Waals surface area contributed by atoms with Gasteiger partial charge >= 0.3 is 12.3 Å². The molecule has 0 atom stereocenters. The minimum Gasteiger partial charge on any atom is -0.465 e. The molecule has 5 rings (SSSR count). The summed E-state index contributed by atoms with van der Waals surface area (Å²) in [6, 6.07) is 25.5. The first-order valence-corrected chi connectivity index (χ1v) is 13.7. The van der Waals surface area contributed by atoms with E-state index in [1.807, 2.05) is 65.4 Å². The zero-order valence-electron chi connectivity index (χ0n) is 22.6. The molecule has 43 heavy (non-hydrogen) atoms. The first-order chi connectivity index (χ1) is 20.6. The molecule has 0 aliphatic heterocycles. The molecule has 5 nitrogen and oxygen atoms in total. The highest BCUT2D eigenvalue weighted by Gasteiger charge is 2.31. The maximum atomic E-state index is 12.6. The van der Waals surface area contributed by atoms with Gasteiger partial charge in [0, 0.05) is 23.3 Å². The van der Waals surface area contributed by atoms with E-state index in [0.29, 0.717) is 39.2 Å². The summed E-state index contributed by atoms with van der Waals surface area (Å²) in [5.41, 5.74) is 4.96. The summed E-state index contributed by atoms with van der Waals surface area (Å²) in [5.74, 6) is -0.0395. The molecule has 0 aliphatic rings. The molecule has 0 aliphatic carbocycles. The number of alkyl halides is 3. The molecule has 0 spiro atoms. The predicted molar refractivity (Wildman–Crippen MR) is 162 cm³/mol. The van der Waals surface area contributed by atoms with Crippen LogP contribution in [0.3, 0.4) is 0 Å². The van der Waals surface area contributed by atoms with Gasteiger partial charge in [-0.3, -0.25) is 0 Å². The number of esters is 1. The van der Waals surface area contributed by atoms with E-state index in [-0.39, 0.29) is 5.75 Å². The van der Waals surface area contributed by atoms with Gasteiger partial charge in [-0.25, -0.2) is 9.78 Å². The van der Waals surface area contributed by atoms with Gasteiger partial charge in [0.05, 0.1) is 23.4 Å². The lowest BCUT2D eigenvalue weighted by atomic mass is 10.0. The van der Waals surface area contributed by atoms with Crippen molar-refractivity contribution >= 4 is 41.3 Å². The molecule has 5 aromatic rings. The van der Waals surface area contributed by atoms with Gasteiger partial charge in [0.2, 0.25) is 0 Å². The second kappa shape index (κ2) is 12.8. The standard InChI is InChI=1S/C33H23Cl2F3N2O3/c1-42-32(41)24-12-7-22(8-13-24)19-40-20-30(28-15-14-26(34)18-29(28)35)39-31(40)16-9-21-5-10-23(11-6-21)25-3-2-4-27(17-25)43-33(36,37)38/h2-18,20H,19H2,1H3/b16-9+. The summed E-state index contributed by atoms with van der Waals surface area (Å²) < 4.78 is 48.7. The fourth-order valence-corrected chi connectivity index (χ4v) is 4.91. The molecule has 0 fully saturated rings. The lowest BCUT2D eigenvalue weighted by Crippen LogP contribution is -2.17. The van der Waals surface area contributed by atoms with Gasteiger partial charge in [0.15, 0.2) is 0 Å². The summed E-state index contributed by atoms with van der Waals surface area (Å²) in [5, 5.41) is 0.984.